The van der Waals surface area contributed by atoms with Crippen LogP contribution in [0.25, 0.3) is 0 Å². The molecule has 1 aromatic rings. The van der Waals surface area contributed by atoms with Crippen molar-refractivity contribution in [2.24, 2.45) is 5.92 Å². The third-order valence-electron chi connectivity index (χ3n) is 6.41. The van der Waals surface area contributed by atoms with Crippen molar-refractivity contribution >= 4 is 5.91 Å². The number of hydrogen-bond donors (Lipinski definition) is 3. The molecule has 1 aliphatic carbocycles. The number of carbonyl (C=O) groups excluding carboxylic acids is 1. The maximum absolute atomic E-state index is 17.0. The molecule has 1 amide bonds. The van der Waals surface area contributed by atoms with Gasteiger partial charge in [-0.2, -0.15) is 0 Å². The van der Waals surface area contributed by atoms with Gasteiger partial charge in [0.2, 0.25) is 5.91 Å². The zero-order valence-corrected chi connectivity index (χ0v) is 17.8. The zero-order chi connectivity index (χ0) is 21.8. The van der Waals surface area contributed by atoms with Crippen molar-refractivity contribution in [1.82, 2.24) is 10.6 Å². The number of aliphatic hydroxyl groups is 1. The van der Waals surface area contributed by atoms with Gasteiger partial charge in [0.05, 0.1) is 5.92 Å². The van der Waals surface area contributed by atoms with Crippen molar-refractivity contribution in [3.63, 3.8) is 0 Å². The zero-order valence-electron chi connectivity index (χ0n) is 17.8. The first kappa shape index (κ1) is 22.6. The van der Waals surface area contributed by atoms with E-state index in [-0.39, 0.29) is 18.2 Å². The fourth-order valence-corrected chi connectivity index (χ4v) is 4.91. The Morgan fingerprint density at radius 2 is 2.23 bits per heavy atom. The molecule has 0 radical (unpaired) electrons. The van der Waals surface area contributed by atoms with Crippen LogP contribution in [-0.2, 0) is 4.79 Å². The quantitative estimate of drug-likeness (QED) is 0.590. The lowest BCUT2D eigenvalue weighted by Gasteiger charge is -2.50. The molecule has 3 N–H and O–H groups in total. The van der Waals surface area contributed by atoms with Gasteiger partial charge in [-0.25, -0.2) is 8.78 Å². The van der Waals surface area contributed by atoms with E-state index in [9.17, 15) is 9.90 Å². The van der Waals surface area contributed by atoms with Crippen LogP contribution in [0.5, 0.6) is 0 Å². The van der Waals surface area contributed by atoms with Gasteiger partial charge in [-0.3, -0.25) is 4.79 Å². The van der Waals surface area contributed by atoms with Gasteiger partial charge in [0, 0.05) is 25.9 Å². The van der Waals surface area contributed by atoms with Crippen LogP contribution in [0.15, 0.2) is 48.3 Å². The topological polar surface area (TPSA) is 61.4 Å². The van der Waals surface area contributed by atoms with Gasteiger partial charge in [-0.1, -0.05) is 35.9 Å². The molecule has 0 bridgehead atoms. The summed E-state index contributed by atoms with van der Waals surface area (Å²) in [6, 6.07) is 7.17. The number of halogens is 2. The first-order valence-corrected chi connectivity index (χ1v) is 10.8. The van der Waals surface area contributed by atoms with Crippen LogP contribution in [0.1, 0.15) is 49.7 Å². The van der Waals surface area contributed by atoms with Crippen molar-refractivity contribution in [3.05, 3.63) is 59.4 Å². The molecule has 6 heteroatoms. The van der Waals surface area contributed by atoms with Crippen LogP contribution in [0.4, 0.5) is 8.78 Å². The van der Waals surface area contributed by atoms with Crippen LogP contribution in [0, 0.1) is 12.8 Å². The number of rotatable bonds is 7. The number of aryl methyl sites for hydroxylation is 1. The second-order valence-corrected chi connectivity index (χ2v) is 8.58. The molecule has 2 unspecified atom stereocenters. The number of benzene rings is 1. The highest BCUT2D eigenvalue weighted by molar-refractivity contribution is 5.72. The van der Waals surface area contributed by atoms with Gasteiger partial charge in [0.1, 0.15) is 11.4 Å². The second-order valence-electron chi connectivity index (χ2n) is 8.58. The van der Waals surface area contributed by atoms with Crippen LogP contribution >= 0.6 is 0 Å². The van der Waals surface area contributed by atoms with E-state index in [0.717, 1.165) is 18.5 Å². The van der Waals surface area contributed by atoms with Gasteiger partial charge in [-0.15, -0.1) is 0 Å². The molecule has 30 heavy (non-hydrogen) atoms. The van der Waals surface area contributed by atoms with Crippen molar-refractivity contribution in [2.75, 3.05) is 19.6 Å². The van der Waals surface area contributed by atoms with Crippen molar-refractivity contribution in [2.45, 2.75) is 56.7 Å². The minimum atomic E-state index is -2.31. The third kappa shape index (κ3) is 4.49. The van der Waals surface area contributed by atoms with Crippen LogP contribution in [0.3, 0.4) is 0 Å². The number of nitrogens with one attached hydrogen (secondary N) is 2. The van der Waals surface area contributed by atoms with Gasteiger partial charge < -0.3 is 15.7 Å². The number of amides is 1. The molecule has 1 saturated heterocycles. The van der Waals surface area contributed by atoms with Gasteiger partial charge >= 0.3 is 0 Å². The molecule has 3 rings (SSSR count). The predicted octanol–water partition coefficient (Wildman–Crippen LogP) is 3.86. The van der Waals surface area contributed by atoms with E-state index in [2.05, 4.69) is 10.6 Å². The average Bonchev–Trinajstić information content (AvgIpc) is 2.71. The molecule has 164 valence electrons. The number of piperidine rings is 1. The summed E-state index contributed by atoms with van der Waals surface area (Å²) in [5.74, 6) is -2.34. The molecule has 1 aromatic carbocycles. The fourth-order valence-electron chi connectivity index (χ4n) is 4.91. The van der Waals surface area contributed by atoms with Crippen molar-refractivity contribution in [1.29, 1.82) is 0 Å². The maximum Gasteiger partial charge on any atom is 0.216 e. The van der Waals surface area contributed by atoms with Crippen molar-refractivity contribution in [3.8, 4) is 0 Å². The Labute approximate surface area is 177 Å². The Bertz CT molecular complexity index is 819. The summed E-state index contributed by atoms with van der Waals surface area (Å²) in [5, 5.41) is 17.9. The fraction of sp³-hybridized carbons (Fsp3) is 0.542. The predicted molar refractivity (Wildman–Crippen MR) is 115 cm³/mol. The Hall–Kier alpha value is -2.05. The van der Waals surface area contributed by atoms with E-state index in [1.807, 2.05) is 13.0 Å². The van der Waals surface area contributed by atoms with E-state index in [4.69, 9.17) is 0 Å². The normalized spacial score (nSPS) is 28.5. The van der Waals surface area contributed by atoms with Gasteiger partial charge in [0.25, 0.3) is 0 Å². The summed E-state index contributed by atoms with van der Waals surface area (Å²) >= 11 is 0. The number of allylic oxidation sites excluding steroid dienone is 3. The van der Waals surface area contributed by atoms with Crippen molar-refractivity contribution < 1.29 is 18.7 Å². The van der Waals surface area contributed by atoms with Gasteiger partial charge in [0.15, 0.2) is 5.67 Å². The first-order chi connectivity index (χ1) is 14.3. The largest absolute Gasteiger partial charge is 0.386 e. The minimum absolute atomic E-state index is 0.121. The smallest absolute Gasteiger partial charge is 0.216 e. The molecule has 1 fully saturated rings. The number of alkyl halides is 1. The lowest BCUT2D eigenvalue weighted by molar-refractivity contribution is -0.139. The Kier molecular flexibility index (Phi) is 7.09. The molecule has 2 aliphatic rings. The molecule has 1 aliphatic heterocycles. The van der Waals surface area contributed by atoms with Crippen LogP contribution in [-0.4, -0.2) is 41.9 Å². The SMILES string of the molecule is CC(=O)NCCC[C@](O)([C@@H]1CCCNC1)C1(F)C=CC=C(F)C1c1cccc(C)c1. The summed E-state index contributed by atoms with van der Waals surface area (Å²) in [6.45, 7) is 4.94. The van der Waals surface area contributed by atoms with E-state index in [0.29, 0.717) is 31.5 Å². The Morgan fingerprint density at radius 1 is 1.43 bits per heavy atom. The van der Waals surface area contributed by atoms with Crippen LogP contribution in [0.2, 0.25) is 0 Å². The van der Waals surface area contributed by atoms with E-state index >= 15 is 8.78 Å². The monoisotopic (exact) mass is 418 g/mol. The Balaban J connectivity index is 2.00. The Morgan fingerprint density at radius 3 is 2.90 bits per heavy atom. The highest BCUT2D eigenvalue weighted by Gasteiger charge is 2.60. The highest BCUT2D eigenvalue weighted by atomic mass is 19.2. The molecule has 0 saturated carbocycles. The second kappa shape index (κ2) is 9.40. The first-order valence-electron chi connectivity index (χ1n) is 10.8. The molecule has 0 spiro atoms. The standard InChI is InChI=1S/C24H32F2N2O2/c1-17-7-3-8-19(15-17)22-21(25)10-4-11-23(22,26)24(30,12-6-14-28-18(2)29)20-9-5-13-27-16-20/h3-4,7-8,10-11,15,20,22,27,30H,5-6,9,12-14,16H2,1-2H3,(H,28,29)/t20-,22?,23?,24+/m1/s1. The minimum Gasteiger partial charge on any atom is -0.386 e. The maximum atomic E-state index is 17.0. The highest BCUT2D eigenvalue weighted by Crippen LogP contribution is 2.53. The number of hydrogen-bond acceptors (Lipinski definition) is 3. The lowest BCUT2D eigenvalue weighted by Crippen LogP contribution is -2.61. The van der Waals surface area contributed by atoms with Crippen LogP contribution < -0.4 is 10.6 Å². The molecule has 1 heterocycles. The molecular weight excluding hydrogens is 386 g/mol. The number of carbonyl (C=O) groups is 1. The third-order valence-corrected chi connectivity index (χ3v) is 6.41. The molecule has 4 atom stereocenters. The molecule has 0 aromatic heterocycles. The average molecular weight is 419 g/mol. The van der Waals surface area contributed by atoms with E-state index in [1.165, 1.54) is 25.2 Å². The van der Waals surface area contributed by atoms with Gasteiger partial charge in [-0.05, 0) is 56.9 Å². The molecular formula is C24H32F2N2O2. The summed E-state index contributed by atoms with van der Waals surface area (Å²) in [7, 11) is 0. The van der Waals surface area contributed by atoms with E-state index in [1.54, 1.807) is 18.2 Å². The summed E-state index contributed by atoms with van der Waals surface area (Å²) in [4.78, 5) is 11.2. The summed E-state index contributed by atoms with van der Waals surface area (Å²) in [6.07, 6.45) is 5.99. The summed E-state index contributed by atoms with van der Waals surface area (Å²) < 4.78 is 32.1. The summed E-state index contributed by atoms with van der Waals surface area (Å²) in [5.41, 5.74) is -2.67. The lowest BCUT2D eigenvalue weighted by atomic mass is 9.62. The molecule has 4 nitrogen and oxygen atoms in total. The van der Waals surface area contributed by atoms with E-state index < -0.39 is 23.0 Å².